The van der Waals surface area contributed by atoms with E-state index in [4.69, 9.17) is 16.3 Å². The Morgan fingerprint density at radius 3 is 2.94 bits per heavy atom. The summed E-state index contributed by atoms with van der Waals surface area (Å²) in [6, 6.07) is 3.76. The summed E-state index contributed by atoms with van der Waals surface area (Å²) < 4.78 is 5.55. The molecule has 0 aliphatic heterocycles. The van der Waals surface area contributed by atoms with Gasteiger partial charge in [-0.1, -0.05) is 25.4 Å². The van der Waals surface area contributed by atoms with Crippen molar-refractivity contribution in [3.05, 3.63) is 29.0 Å². The first-order valence-corrected chi connectivity index (χ1v) is 6.08. The van der Waals surface area contributed by atoms with Crippen LogP contribution in [0.25, 0.3) is 0 Å². The van der Waals surface area contributed by atoms with Gasteiger partial charge < -0.3 is 10.1 Å². The lowest BCUT2D eigenvalue weighted by atomic mass is 10.2. The summed E-state index contributed by atoms with van der Waals surface area (Å²) in [5.74, 6) is 0. The zero-order valence-electron chi connectivity index (χ0n) is 9.87. The van der Waals surface area contributed by atoms with E-state index in [2.05, 4.69) is 24.1 Å². The fourth-order valence-electron chi connectivity index (χ4n) is 1.48. The average Bonchev–Trinajstić information content (AvgIpc) is 2.29. The molecule has 1 rings (SSSR count). The van der Waals surface area contributed by atoms with Crippen LogP contribution in [0.15, 0.2) is 18.3 Å². The summed E-state index contributed by atoms with van der Waals surface area (Å²) in [6.07, 6.45) is 2.78. The highest BCUT2D eigenvalue weighted by molar-refractivity contribution is 6.31. The van der Waals surface area contributed by atoms with Crippen molar-refractivity contribution in [2.45, 2.75) is 26.3 Å². The number of pyridine rings is 1. The predicted molar refractivity (Wildman–Crippen MR) is 66.8 cm³/mol. The minimum Gasteiger partial charge on any atom is -0.379 e. The molecular formula is C12H19ClN2O. The number of hydrogen-bond acceptors (Lipinski definition) is 3. The van der Waals surface area contributed by atoms with E-state index < -0.39 is 0 Å². The van der Waals surface area contributed by atoms with Crippen LogP contribution in [0.3, 0.4) is 0 Å². The molecule has 0 aromatic carbocycles. The van der Waals surface area contributed by atoms with Crippen LogP contribution >= 0.6 is 11.6 Å². The zero-order valence-corrected chi connectivity index (χ0v) is 10.6. The molecule has 0 fully saturated rings. The van der Waals surface area contributed by atoms with Crippen molar-refractivity contribution in [3.8, 4) is 0 Å². The average molecular weight is 243 g/mol. The van der Waals surface area contributed by atoms with E-state index in [1.165, 1.54) is 0 Å². The first-order chi connectivity index (χ1) is 7.79. The van der Waals surface area contributed by atoms with Crippen LogP contribution in [-0.4, -0.2) is 24.7 Å². The number of hydrogen-bond donors (Lipinski definition) is 1. The Morgan fingerprint density at radius 2 is 2.31 bits per heavy atom. The molecule has 1 aromatic rings. The molecule has 0 saturated heterocycles. The first kappa shape index (κ1) is 13.4. The van der Waals surface area contributed by atoms with Crippen molar-refractivity contribution < 1.29 is 4.74 Å². The maximum absolute atomic E-state index is 6.11. The Bertz CT molecular complexity index is 307. The molecule has 4 heteroatoms. The molecule has 1 aromatic heterocycles. The molecule has 1 atom stereocenters. The first-order valence-electron chi connectivity index (χ1n) is 5.71. The summed E-state index contributed by atoms with van der Waals surface area (Å²) in [7, 11) is 0. The van der Waals surface area contributed by atoms with Gasteiger partial charge in [-0.25, -0.2) is 0 Å². The molecule has 0 amide bonds. The van der Waals surface area contributed by atoms with E-state index in [0.717, 1.165) is 25.3 Å². The third-order valence-electron chi connectivity index (χ3n) is 2.20. The molecule has 0 aliphatic carbocycles. The SMILES string of the molecule is CCCOCC(NCC)c1ncccc1Cl. The Kier molecular flexibility index (Phi) is 6.38. The van der Waals surface area contributed by atoms with Crippen LogP contribution in [0, 0.1) is 0 Å². The van der Waals surface area contributed by atoms with Crippen molar-refractivity contribution >= 4 is 11.6 Å². The maximum atomic E-state index is 6.11. The van der Waals surface area contributed by atoms with E-state index in [1.807, 2.05) is 12.1 Å². The van der Waals surface area contributed by atoms with Crippen molar-refractivity contribution in [2.24, 2.45) is 0 Å². The van der Waals surface area contributed by atoms with Crippen LogP contribution in [0.2, 0.25) is 5.02 Å². The Labute approximate surface area is 102 Å². The van der Waals surface area contributed by atoms with Gasteiger partial charge in [-0.15, -0.1) is 0 Å². The van der Waals surface area contributed by atoms with Crippen LogP contribution < -0.4 is 5.32 Å². The minimum absolute atomic E-state index is 0.0743. The Balaban J connectivity index is 2.65. The molecule has 3 nitrogen and oxygen atoms in total. The second-order valence-electron chi connectivity index (χ2n) is 3.56. The summed E-state index contributed by atoms with van der Waals surface area (Å²) in [5.41, 5.74) is 0.863. The summed E-state index contributed by atoms with van der Waals surface area (Å²) in [6.45, 7) is 6.40. The third kappa shape index (κ3) is 4.08. The highest BCUT2D eigenvalue weighted by Crippen LogP contribution is 2.20. The molecule has 0 bridgehead atoms. The maximum Gasteiger partial charge on any atom is 0.0782 e. The van der Waals surface area contributed by atoms with Gasteiger partial charge in [0.05, 0.1) is 23.4 Å². The molecule has 0 aliphatic rings. The zero-order chi connectivity index (χ0) is 11.8. The van der Waals surface area contributed by atoms with Gasteiger partial charge in [-0.3, -0.25) is 4.98 Å². The van der Waals surface area contributed by atoms with Gasteiger partial charge in [0.15, 0.2) is 0 Å². The van der Waals surface area contributed by atoms with Crippen molar-refractivity contribution in [1.29, 1.82) is 0 Å². The van der Waals surface area contributed by atoms with E-state index in [1.54, 1.807) is 6.20 Å². The number of halogens is 1. The van der Waals surface area contributed by atoms with Crippen LogP contribution in [-0.2, 0) is 4.74 Å². The second-order valence-corrected chi connectivity index (χ2v) is 3.96. The molecular weight excluding hydrogens is 224 g/mol. The quantitative estimate of drug-likeness (QED) is 0.747. The molecule has 1 unspecified atom stereocenters. The number of rotatable bonds is 7. The molecule has 1 N–H and O–H groups in total. The number of ether oxygens (including phenoxy) is 1. The van der Waals surface area contributed by atoms with Gasteiger partial charge in [-0.2, -0.15) is 0 Å². The third-order valence-corrected chi connectivity index (χ3v) is 2.52. The molecule has 1 heterocycles. The minimum atomic E-state index is 0.0743. The van der Waals surface area contributed by atoms with Gasteiger partial charge >= 0.3 is 0 Å². The van der Waals surface area contributed by atoms with Gasteiger partial charge in [0, 0.05) is 12.8 Å². The molecule has 90 valence electrons. The smallest absolute Gasteiger partial charge is 0.0782 e. The molecule has 16 heavy (non-hydrogen) atoms. The van der Waals surface area contributed by atoms with Crippen LogP contribution in [0.4, 0.5) is 0 Å². The molecule has 0 saturated carbocycles. The summed E-state index contributed by atoms with van der Waals surface area (Å²) >= 11 is 6.11. The Hall–Kier alpha value is -0.640. The van der Waals surface area contributed by atoms with Crippen molar-refractivity contribution in [2.75, 3.05) is 19.8 Å². The number of nitrogens with zero attached hydrogens (tertiary/aromatic N) is 1. The fourth-order valence-corrected chi connectivity index (χ4v) is 1.73. The lowest BCUT2D eigenvalue weighted by Gasteiger charge is -2.18. The van der Waals surface area contributed by atoms with E-state index in [9.17, 15) is 0 Å². The van der Waals surface area contributed by atoms with E-state index >= 15 is 0 Å². The van der Waals surface area contributed by atoms with Gasteiger partial charge in [0.2, 0.25) is 0 Å². The summed E-state index contributed by atoms with van der Waals surface area (Å²) in [5, 5.41) is 4.02. The Morgan fingerprint density at radius 1 is 1.50 bits per heavy atom. The highest BCUT2D eigenvalue weighted by Gasteiger charge is 2.14. The standard InChI is InChI=1S/C12H19ClN2O/c1-3-8-16-9-11(14-4-2)12-10(13)6-5-7-15-12/h5-7,11,14H,3-4,8-9H2,1-2H3. The van der Waals surface area contributed by atoms with Crippen molar-refractivity contribution in [3.63, 3.8) is 0 Å². The number of likely N-dealkylation sites (N-methyl/N-ethyl adjacent to an activating group) is 1. The van der Waals surface area contributed by atoms with Crippen LogP contribution in [0.5, 0.6) is 0 Å². The second kappa shape index (κ2) is 7.60. The number of nitrogens with one attached hydrogen (secondary N) is 1. The fraction of sp³-hybridized carbons (Fsp3) is 0.583. The highest BCUT2D eigenvalue weighted by atomic mass is 35.5. The van der Waals surface area contributed by atoms with Crippen LogP contribution in [0.1, 0.15) is 32.0 Å². The topological polar surface area (TPSA) is 34.1 Å². The molecule has 0 spiro atoms. The van der Waals surface area contributed by atoms with Gasteiger partial charge in [0.25, 0.3) is 0 Å². The van der Waals surface area contributed by atoms with E-state index in [0.29, 0.717) is 11.6 Å². The van der Waals surface area contributed by atoms with Crippen molar-refractivity contribution in [1.82, 2.24) is 10.3 Å². The number of aromatic nitrogens is 1. The lowest BCUT2D eigenvalue weighted by molar-refractivity contribution is 0.111. The van der Waals surface area contributed by atoms with Gasteiger partial charge in [-0.05, 0) is 25.1 Å². The summed E-state index contributed by atoms with van der Waals surface area (Å²) in [4.78, 5) is 4.30. The monoisotopic (exact) mass is 242 g/mol. The van der Waals surface area contributed by atoms with E-state index in [-0.39, 0.29) is 6.04 Å². The van der Waals surface area contributed by atoms with Gasteiger partial charge in [0.1, 0.15) is 0 Å². The normalized spacial score (nSPS) is 12.7. The largest absolute Gasteiger partial charge is 0.379 e. The lowest BCUT2D eigenvalue weighted by Crippen LogP contribution is -2.26. The predicted octanol–water partition coefficient (Wildman–Crippen LogP) is 2.81. The molecule has 0 radical (unpaired) electrons.